The molecular formula is C11H14N2O. The summed E-state index contributed by atoms with van der Waals surface area (Å²) in [5, 5.41) is 0. The Morgan fingerprint density at radius 3 is 2.57 bits per heavy atom. The summed E-state index contributed by atoms with van der Waals surface area (Å²) in [6, 6.07) is 3.85. The van der Waals surface area contributed by atoms with Crippen molar-refractivity contribution in [2.75, 3.05) is 17.2 Å². The molecule has 1 aromatic rings. The number of nitrogen functional groups attached to an aromatic ring is 1. The molecule has 74 valence electrons. The second-order valence-corrected chi connectivity index (χ2v) is 3.74. The Hall–Kier alpha value is -1.51. The minimum absolute atomic E-state index is 0.196. The van der Waals surface area contributed by atoms with Crippen molar-refractivity contribution in [3.05, 3.63) is 23.3 Å². The van der Waals surface area contributed by atoms with Crippen LogP contribution in [0, 0.1) is 13.8 Å². The van der Waals surface area contributed by atoms with Crippen molar-refractivity contribution in [1.29, 1.82) is 0 Å². The van der Waals surface area contributed by atoms with Gasteiger partial charge in [-0.3, -0.25) is 4.79 Å². The summed E-state index contributed by atoms with van der Waals surface area (Å²) in [6.45, 7) is 4.79. The molecule has 1 aliphatic rings. The zero-order chi connectivity index (χ0) is 10.3. The molecule has 0 spiro atoms. The predicted molar refractivity (Wildman–Crippen MR) is 57.3 cm³/mol. The first-order valence-electron chi connectivity index (χ1n) is 4.77. The molecule has 0 bridgehead atoms. The fourth-order valence-electron chi connectivity index (χ4n) is 1.82. The number of carbonyl (C=O) groups is 1. The Kier molecular flexibility index (Phi) is 1.95. The molecule has 3 nitrogen and oxygen atoms in total. The highest BCUT2D eigenvalue weighted by atomic mass is 16.2. The van der Waals surface area contributed by atoms with E-state index in [9.17, 15) is 4.79 Å². The molecule has 0 radical (unpaired) electrons. The van der Waals surface area contributed by atoms with Gasteiger partial charge >= 0.3 is 0 Å². The molecule has 1 aromatic carbocycles. The monoisotopic (exact) mass is 190 g/mol. The first kappa shape index (κ1) is 9.06. The van der Waals surface area contributed by atoms with Crippen molar-refractivity contribution in [2.45, 2.75) is 20.3 Å². The maximum atomic E-state index is 11.3. The highest BCUT2D eigenvalue weighted by molar-refractivity contribution is 6.01. The van der Waals surface area contributed by atoms with E-state index < -0.39 is 0 Å². The smallest absolute Gasteiger partial charge is 0.228 e. The Morgan fingerprint density at radius 2 is 2.07 bits per heavy atom. The highest BCUT2D eigenvalue weighted by Gasteiger charge is 2.27. The molecule has 1 heterocycles. The van der Waals surface area contributed by atoms with Gasteiger partial charge in [0.25, 0.3) is 0 Å². The Morgan fingerprint density at radius 1 is 1.36 bits per heavy atom. The molecule has 2 rings (SSSR count). The number of aryl methyl sites for hydroxylation is 1. The van der Waals surface area contributed by atoms with E-state index in [4.69, 9.17) is 5.73 Å². The van der Waals surface area contributed by atoms with Crippen LogP contribution in [-0.2, 0) is 4.79 Å². The molecule has 2 N–H and O–H groups in total. The number of nitrogens with zero attached hydrogens (tertiary/aromatic N) is 1. The zero-order valence-corrected chi connectivity index (χ0v) is 8.50. The number of carbonyl (C=O) groups excluding carboxylic acids is 1. The lowest BCUT2D eigenvalue weighted by Crippen LogP contribution is -2.44. The first-order valence-corrected chi connectivity index (χ1v) is 4.77. The van der Waals surface area contributed by atoms with Gasteiger partial charge in [-0.1, -0.05) is 6.07 Å². The normalized spacial score (nSPS) is 15.6. The molecule has 0 aliphatic carbocycles. The molecule has 0 aromatic heterocycles. The summed E-state index contributed by atoms with van der Waals surface area (Å²) in [5.41, 5.74) is 9.70. The Labute approximate surface area is 83.5 Å². The molecule has 14 heavy (non-hydrogen) atoms. The van der Waals surface area contributed by atoms with Crippen molar-refractivity contribution < 1.29 is 4.79 Å². The van der Waals surface area contributed by atoms with E-state index in [1.54, 1.807) is 4.90 Å². The number of hydrogen-bond acceptors (Lipinski definition) is 2. The Balaban J connectivity index is 2.50. The van der Waals surface area contributed by atoms with Crippen LogP contribution in [-0.4, -0.2) is 12.5 Å². The van der Waals surface area contributed by atoms with Crippen molar-refractivity contribution in [2.24, 2.45) is 0 Å². The molecule has 0 saturated carbocycles. The largest absolute Gasteiger partial charge is 0.398 e. The van der Waals surface area contributed by atoms with Crippen molar-refractivity contribution >= 4 is 17.3 Å². The molecule has 1 amide bonds. The highest BCUT2D eigenvalue weighted by Crippen LogP contribution is 2.32. The summed E-state index contributed by atoms with van der Waals surface area (Å²) in [5.74, 6) is 0.196. The summed E-state index contributed by atoms with van der Waals surface area (Å²) in [4.78, 5) is 13.1. The number of β-lactam (4-membered cyclic amide) rings is 1. The fraction of sp³-hybridized carbons (Fsp3) is 0.364. The van der Waals surface area contributed by atoms with Gasteiger partial charge in [0.1, 0.15) is 0 Å². The van der Waals surface area contributed by atoms with Gasteiger partial charge in [-0.05, 0) is 31.0 Å². The van der Waals surface area contributed by atoms with Crippen molar-refractivity contribution in [3.63, 3.8) is 0 Å². The van der Waals surface area contributed by atoms with Crippen LogP contribution in [0.25, 0.3) is 0 Å². The van der Waals surface area contributed by atoms with Crippen LogP contribution in [0.5, 0.6) is 0 Å². The number of benzene rings is 1. The zero-order valence-electron chi connectivity index (χ0n) is 8.50. The molecule has 1 aliphatic heterocycles. The van der Waals surface area contributed by atoms with E-state index >= 15 is 0 Å². The number of rotatable bonds is 1. The molecule has 3 heteroatoms. The topological polar surface area (TPSA) is 46.3 Å². The summed E-state index contributed by atoms with van der Waals surface area (Å²) >= 11 is 0. The summed E-state index contributed by atoms with van der Waals surface area (Å²) in [6.07, 6.45) is 0.660. The third-order valence-electron chi connectivity index (χ3n) is 2.79. The van der Waals surface area contributed by atoms with Gasteiger partial charge < -0.3 is 10.6 Å². The summed E-state index contributed by atoms with van der Waals surface area (Å²) < 4.78 is 0. The van der Waals surface area contributed by atoms with Gasteiger partial charge in [-0.2, -0.15) is 0 Å². The second kappa shape index (κ2) is 3.01. The van der Waals surface area contributed by atoms with Gasteiger partial charge in [0.15, 0.2) is 0 Å². The number of nitrogens with two attached hydrogens (primary N) is 1. The molecular weight excluding hydrogens is 176 g/mol. The van der Waals surface area contributed by atoms with Crippen LogP contribution < -0.4 is 10.6 Å². The van der Waals surface area contributed by atoms with Crippen molar-refractivity contribution in [3.8, 4) is 0 Å². The minimum atomic E-state index is 0.196. The quantitative estimate of drug-likeness (QED) is 0.540. The van der Waals surface area contributed by atoms with E-state index in [1.165, 1.54) is 0 Å². The van der Waals surface area contributed by atoms with Gasteiger partial charge in [-0.15, -0.1) is 0 Å². The third kappa shape index (κ3) is 1.16. The van der Waals surface area contributed by atoms with Gasteiger partial charge in [0, 0.05) is 18.7 Å². The van der Waals surface area contributed by atoms with E-state index in [-0.39, 0.29) is 5.91 Å². The third-order valence-corrected chi connectivity index (χ3v) is 2.79. The van der Waals surface area contributed by atoms with E-state index in [0.717, 1.165) is 29.0 Å². The van der Waals surface area contributed by atoms with Crippen LogP contribution >= 0.6 is 0 Å². The lowest BCUT2D eigenvalue weighted by atomic mass is 10.0. The standard InChI is InChI=1S/C11H14N2O/c1-7-3-4-9(12)8(2)11(7)13-6-5-10(13)14/h3-4H,5-6,12H2,1-2H3. The molecule has 1 fully saturated rings. The van der Waals surface area contributed by atoms with E-state index in [1.807, 2.05) is 26.0 Å². The molecule has 0 atom stereocenters. The lowest BCUT2D eigenvalue weighted by Gasteiger charge is -2.33. The van der Waals surface area contributed by atoms with Gasteiger partial charge in [0.05, 0.1) is 5.69 Å². The van der Waals surface area contributed by atoms with Crippen molar-refractivity contribution in [1.82, 2.24) is 0 Å². The van der Waals surface area contributed by atoms with Crippen LogP contribution in [0.2, 0.25) is 0 Å². The van der Waals surface area contributed by atoms with Crippen LogP contribution in [0.4, 0.5) is 11.4 Å². The average Bonchev–Trinajstić information content (AvgIpc) is 2.16. The van der Waals surface area contributed by atoms with Crippen LogP contribution in [0.1, 0.15) is 17.5 Å². The maximum absolute atomic E-state index is 11.3. The minimum Gasteiger partial charge on any atom is -0.398 e. The van der Waals surface area contributed by atoms with Gasteiger partial charge in [-0.25, -0.2) is 0 Å². The number of anilines is 2. The van der Waals surface area contributed by atoms with Gasteiger partial charge in [0.2, 0.25) is 5.91 Å². The summed E-state index contributed by atoms with van der Waals surface area (Å²) in [7, 11) is 0. The average molecular weight is 190 g/mol. The number of hydrogen-bond donors (Lipinski definition) is 1. The first-order chi connectivity index (χ1) is 6.61. The number of amides is 1. The maximum Gasteiger partial charge on any atom is 0.228 e. The van der Waals surface area contributed by atoms with E-state index in [2.05, 4.69) is 0 Å². The van der Waals surface area contributed by atoms with Crippen LogP contribution in [0.15, 0.2) is 12.1 Å². The SMILES string of the molecule is Cc1ccc(N)c(C)c1N1CCC1=O. The second-order valence-electron chi connectivity index (χ2n) is 3.74. The van der Waals surface area contributed by atoms with E-state index in [0.29, 0.717) is 6.42 Å². The molecule has 1 saturated heterocycles. The van der Waals surface area contributed by atoms with Crippen LogP contribution in [0.3, 0.4) is 0 Å². The molecule has 0 unspecified atom stereocenters. The fourth-order valence-corrected chi connectivity index (χ4v) is 1.82. The lowest BCUT2D eigenvalue weighted by molar-refractivity contribution is -0.122. The Bertz CT molecular complexity index is 399. The predicted octanol–water partition coefficient (Wildman–Crippen LogP) is 1.62.